The van der Waals surface area contributed by atoms with Crippen LogP contribution >= 0.6 is 0 Å². The molecule has 0 spiro atoms. The first-order chi connectivity index (χ1) is 9.49. The quantitative estimate of drug-likeness (QED) is 0.631. The molecule has 0 N–H and O–H groups in total. The van der Waals surface area contributed by atoms with E-state index >= 15 is 0 Å². The van der Waals surface area contributed by atoms with Gasteiger partial charge in [0.25, 0.3) is 11.8 Å². The van der Waals surface area contributed by atoms with Crippen molar-refractivity contribution in [3.05, 3.63) is 0 Å². The minimum atomic E-state index is -0.729. The van der Waals surface area contributed by atoms with Crippen LogP contribution in [0, 0.1) is 0 Å². The molecule has 108 valence electrons. The SMILES string of the molecule is O=C(CCCN1C(=O)CCC1=O)ON1C(=O)CCC1=O. The van der Waals surface area contributed by atoms with Gasteiger partial charge in [0.05, 0.1) is 0 Å². The number of hydrogen-bond donors (Lipinski definition) is 0. The van der Waals surface area contributed by atoms with E-state index in [2.05, 4.69) is 4.84 Å². The van der Waals surface area contributed by atoms with E-state index in [-0.39, 0.29) is 56.9 Å². The second-order valence-corrected chi connectivity index (χ2v) is 4.59. The first-order valence-corrected chi connectivity index (χ1v) is 6.39. The van der Waals surface area contributed by atoms with Crippen LogP contribution in [0.5, 0.6) is 0 Å². The molecule has 0 bridgehead atoms. The van der Waals surface area contributed by atoms with E-state index in [0.717, 1.165) is 4.90 Å². The number of amides is 4. The molecule has 0 aromatic heterocycles. The predicted octanol–water partition coefficient (Wildman–Crippen LogP) is -0.477. The van der Waals surface area contributed by atoms with Crippen molar-refractivity contribution < 1.29 is 28.8 Å². The Hall–Kier alpha value is -2.25. The lowest BCUT2D eigenvalue weighted by Crippen LogP contribution is -2.33. The van der Waals surface area contributed by atoms with Crippen LogP contribution in [0.2, 0.25) is 0 Å². The molecule has 8 heteroatoms. The highest BCUT2D eigenvalue weighted by Crippen LogP contribution is 2.14. The fraction of sp³-hybridized carbons (Fsp3) is 0.583. The summed E-state index contributed by atoms with van der Waals surface area (Å²) >= 11 is 0. The number of hydrogen-bond acceptors (Lipinski definition) is 6. The van der Waals surface area contributed by atoms with Gasteiger partial charge in [0.2, 0.25) is 11.8 Å². The lowest BCUT2D eigenvalue weighted by Gasteiger charge is -2.14. The summed E-state index contributed by atoms with van der Waals surface area (Å²) in [5.74, 6) is -2.28. The molecule has 2 fully saturated rings. The van der Waals surface area contributed by atoms with Crippen molar-refractivity contribution >= 4 is 29.6 Å². The first kappa shape index (κ1) is 14.2. The average Bonchev–Trinajstić information content (AvgIpc) is 2.88. The molecule has 20 heavy (non-hydrogen) atoms. The van der Waals surface area contributed by atoms with Gasteiger partial charge in [-0.1, -0.05) is 0 Å². The minimum absolute atomic E-state index is 0.0445. The lowest BCUT2D eigenvalue weighted by atomic mass is 10.3. The van der Waals surface area contributed by atoms with Crippen molar-refractivity contribution in [2.45, 2.75) is 38.5 Å². The van der Waals surface area contributed by atoms with Gasteiger partial charge in [-0.3, -0.25) is 24.1 Å². The molecule has 0 radical (unpaired) electrons. The molecule has 8 nitrogen and oxygen atoms in total. The molecule has 4 amide bonds. The molecule has 0 saturated carbocycles. The third kappa shape index (κ3) is 3.01. The van der Waals surface area contributed by atoms with Crippen molar-refractivity contribution in [2.24, 2.45) is 0 Å². The Morgan fingerprint density at radius 2 is 1.40 bits per heavy atom. The van der Waals surface area contributed by atoms with Crippen LogP contribution in [0.25, 0.3) is 0 Å². The maximum Gasteiger partial charge on any atom is 0.333 e. The van der Waals surface area contributed by atoms with E-state index in [1.54, 1.807) is 0 Å². The Kier molecular flexibility index (Phi) is 4.11. The van der Waals surface area contributed by atoms with Gasteiger partial charge < -0.3 is 4.84 Å². The van der Waals surface area contributed by atoms with E-state index in [4.69, 9.17) is 0 Å². The molecule has 2 aliphatic heterocycles. The van der Waals surface area contributed by atoms with Crippen LogP contribution in [-0.2, 0) is 28.8 Å². The van der Waals surface area contributed by atoms with Crippen LogP contribution in [-0.4, -0.2) is 46.1 Å². The summed E-state index contributed by atoms with van der Waals surface area (Å²) in [5, 5.41) is 0.481. The molecular formula is C12H14N2O6. The number of likely N-dealkylation sites (tertiary alicyclic amines) is 1. The third-order valence-electron chi connectivity index (χ3n) is 3.12. The van der Waals surface area contributed by atoms with Crippen molar-refractivity contribution in [3.8, 4) is 0 Å². The number of carbonyl (C=O) groups is 5. The standard InChI is InChI=1S/C12H14N2O6/c15-8-3-4-9(16)13(8)7-1-2-12(19)20-14-10(17)5-6-11(14)18/h1-7H2. The first-order valence-electron chi connectivity index (χ1n) is 6.39. The molecule has 2 saturated heterocycles. The second-order valence-electron chi connectivity index (χ2n) is 4.59. The highest BCUT2D eigenvalue weighted by molar-refractivity contribution is 6.02. The van der Waals surface area contributed by atoms with Gasteiger partial charge >= 0.3 is 5.97 Å². The average molecular weight is 282 g/mol. The molecule has 0 unspecified atom stereocenters. The summed E-state index contributed by atoms with van der Waals surface area (Å²) in [6, 6.07) is 0. The number of nitrogens with zero attached hydrogens (tertiary/aromatic N) is 2. The van der Waals surface area contributed by atoms with Gasteiger partial charge in [0, 0.05) is 38.6 Å². The van der Waals surface area contributed by atoms with E-state index in [9.17, 15) is 24.0 Å². The second kappa shape index (κ2) is 5.81. The minimum Gasteiger partial charge on any atom is -0.330 e. The van der Waals surface area contributed by atoms with Crippen LogP contribution in [0.1, 0.15) is 38.5 Å². The topological polar surface area (TPSA) is 101 Å². The van der Waals surface area contributed by atoms with Crippen LogP contribution in [0.3, 0.4) is 0 Å². The summed E-state index contributed by atoms with van der Waals surface area (Å²) < 4.78 is 0. The van der Waals surface area contributed by atoms with E-state index in [0.29, 0.717) is 5.06 Å². The van der Waals surface area contributed by atoms with Gasteiger partial charge in [-0.15, -0.1) is 5.06 Å². The van der Waals surface area contributed by atoms with Crippen molar-refractivity contribution in [1.29, 1.82) is 0 Å². The van der Waals surface area contributed by atoms with E-state index in [1.165, 1.54) is 0 Å². The predicted molar refractivity (Wildman–Crippen MR) is 62.4 cm³/mol. The largest absolute Gasteiger partial charge is 0.333 e. The number of carbonyl (C=O) groups excluding carboxylic acids is 5. The summed E-state index contributed by atoms with van der Waals surface area (Å²) in [6.07, 6.45) is 0.673. The van der Waals surface area contributed by atoms with Gasteiger partial charge in [-0.2, -0.15) is 0 Å². The molecule has 0 aromatic rings. The van der Waals surface area contributed by atoms with Gasteiger partial charge in [0.1, 0.15) is 0 Å². The van der Waals surface area contributed by atoms with E-state index in [1.807, 2.05) is 0 Å². The molecule has 2 rings (SSSR count). The monoisotopic (exact) mass is 282 g/mol. The highest BCUT2D eigenvalue weighted by atomic mass is 16.7. The molecule has 2 heterocycles. The lowest BCUT2D eigenvalue weighted by molar-refractivity contribution is -0.197. The molecule has 0 aromatic carbocycles. The highest BCUT2D eigenvalue weighted by Gasteiger charge is 2.33. The zero-order chi connectivity index (χ0) is 14.7. The van der Waals surface area contributed by atoms with Gasteiger partial charge in [-0.05, 0) is 6.42 Å². The molecule has 2 aliphatic rings. The van der Waals surface area contributed by atoms with E-state index < -0.39 is 17.8 Å². The molecular weight excluding hydrogens is 268 g/mol. The zero-order valence-electron chi connectivity index (χ0n) is 10.8. The zero-order valence-corrected chi connectivity index (χ0v) is 10.8. The van der Waals surface area contributed by atoms with Crippen molar-refractivity contribution in [1.82, 2.24) is 9.96 Å². The molecule has 0 aliphatic carbocycles. The molecule has 0 atom stereocenters. The van der Waals surface area contributed by atoms with Crippen molar-refractivity contribution in [2.75, 3.05) is 6.54 Å². The van der Waals surface area contributed by atoms with Crippen LogP contribution < -0.4 is 0 Å². The van der Waals surface area contributed by atoms with Crippen molar-refractivity contribution in [3.63, 3.8) is 0 Å². The summed E-state index contributed by atoms with van der Waals surface area (Å²) in [6.45, 7) is 0.147. The Balaban J connectivity index is 1.73. The Labute approximate surface area is 114 Å². The summed E-state index contributed by atoms with van der Waals surface area (Å²) in [5.41, 5.74) is 0. The summed E-state index contributed by atoms with van der Waals surface area (Å²) in [7, 11) is 0. The fourth-order valence-electron chi connectivity index (χ4n) is 2.06. The maximum atomic E-state index is 11.5. The Morgan fingerprint density at radius 3 is 1.95 bits per heavy atom. The van der Waals surface area contributed by atoms with Crippen LogP contribution in [0.4, 0.5) is 0 Å². The van der Waals surface area contributed by atoms with Gasteiger partial charge in [0.15, 0.2) is 0 Å². The number of hydroxylamine groups is 2. The summed E-state index contributed by atoms with van der Waals surface area (Å²) in [4.78, 5) is 62.3. The Bertz CT molecular complexity index is 454. The van der Waals surface area contributed by atoms with Crippen LogP contribution in [0.15, 0.2) is 0 Å². The Morgan fingerprint density at radius 1 is 0.900 bits per heavy atom. The number of rotatable bonds is 5. The smallest absolute Gasteiger partial charge is 0.330 e. The third-order valence-corrected chi connectivity index (χ3v) is 3.12. The number of imide groups is 2. The fourth-order valence-corrected chi connectivity index (χ4v) is 2.06. The maximum absolute atomic E-state index is 11.5. The van der Waals surface area contributed by atoms with Gasteiger partial charge in [-0.25, -0.2) is 4.79 Å². The normalized spacial score (nSPS) is 19.2.